The fraction of sp³-hybridized carbons (Fsp3) is 0.318. The second-order valence-corrected chi connectivity index (χ2v) is 7.12. The van der Waals surface area contributed by atoms with Gasteiger partial charge in [-0.2, -0.15) is 0 Å². The maximum Gasteiger partial charge on any atom is 0.232 e. The summed E-state index contributed by atoms with van der Waals surface area (Å²) in [6, 6.07) is 12.4. The van der Waals surface area contributed by atoms with Crippen molar-refractivity contribution in [2.45, 2.75) is 12.8 Å². The van der Waals surface area contributed by atoms with Gasteiger partial charge in [-0.05, 0) is 24.3 Å². The largest absolute Gasteiger partial charge is 0.493 e. The highest BCUT2D eigenvalue weighted by Crippen LogP contribution is 2.35. The van der Waals surface area contributed by atoms with E-state index in [-0.39, 0.29) is 24.0 Å². The van der Waals surface area contributed by atoms with Crippen LogP contribution < -0.4 is 19.3 Å². The van der Waals surface area contributed by atoms with Gasteiger partial charge in [0, 0.05) is 43.2 Å². The van der Waals surface area contributed by atoms with E-state index in [0.29, 0.717) is 47.9 Å². The molecule has 2 aliphatic rings. The average molecular weight is 394 g/mol. The zero-order valence-electron chi connectivity index (χ0n) is 16.4. The average Bonchev–Trinajstić information content (AvgIpc) is 3.15. The monoisotopic (exact) mass is 394 g/mol. The first kappa shape index (κ1) is 19.0. The molecule has 0 aliphatic carbocycles. The van der Waals surface area contributed by atoms with Crippen LogP contribution in [0.3, 0.4) is 0 Å². The van der Waals surface area contributed by atoms with Gasteiger partial charge in [0.25, 0.3) is 0 Å². The Morgan fingerprint density at radius 1 is 1.03 bits per heavy atom. The molecule has 1 unspecified atom stereocenters. The lowest BCUT2D eigenvalue weighted by molar-refractivity contribution is -0.124. The topological polar surface area (TPSA) is 76.2 Å². The van der Waals surface area contributed by atoms with Crippen LogP contribution in [0.2, 0.25) is 0 Å². The Bertz CT molecular complexity index is 987. The first-order valence-corrected chi connectivity index (χ1v) is 9.49. The van der Waals surface area contributed by atoms with E-state index < -0.39 is 5.92 Å². The number of para-hydroxylation sites is 1. The molecule has 2 aromatic carbocycles. The Labute approximate surface area is 168 Å². The number of carbonyl (C=O) groups is 3. The summed E-state index contributed by atoms with van der Waals surface area (Å²) in [6.07, 6.45) is 0.433. The predicted molar refractivity (Wildman–Crippen MR) is 108 cm³/mol. The van der Waals surface area contributed by atoms with E-state index in [4.69, 9.17) is 9.47 Å². The molecule has 2 amide bonds. The molecule has 0 aromatic heterocycles. The van der Waals surface area contributed by atoms with E-state index in [1.807, 2.05) is 6.07 Å². The second-order valence-electron chi connectivity index (χ2n) is 7.12. The number of carbonyl (C=O) groups excluding carboxylic acids is 3. The van der Waals surface area contributed by atoms with Crippen LogP contribution in [-0.2, 0) is 9.59 Å². The van der Waals surface area contributed by atoms with E-state index >= 15 is 0 Å². The quantitative estimate of drug-likeness (QED) is 0.797. The summed E-state index contributed by atoms with van der Waals surface area (Å²) in [7, 11) is 3.09. The summed E-state index contributed by atoms with van der Waals surface area (Å²) < 4.78 is 10.6. The number of Topliss-reactive ketones (excluding diaryl/α,β-unsaturated/α-hetero) is 1. The van der Waals surface area contributed by atoms with Crippen LogP contribution in [0.25, 0.3) is 0 Å². The number of ether oxygens (including phenoxy) is 2. The number of anilines is 2. The highest BCUT2D eigenvalue weighted by atomic mass is 16.5. The molecule has 0 saturated carbocycles. The lowest BCUT2D eigenvalue weighted by Crippen LogP contribution is -2.41. The minimum atomic E-state index is -0.461. The number of rotatable bonds is 4. The molecule has 2 aliphatic heterocycles. The highest BCUT2D eigenvalue weighted by molar-refractivity contribution is 6.11. The molecule has 0 radical (unpaired) electrons. The van der Waals surface area contributed by atoms with Crippen molar-refractivity contribution in [3.05, 3.63) is 48.0 Å². The molecule has 29 heavy (non-hydrogen) atoms. The van der Waals surface area contributed by atoms with E-state index in [1.165, 1.54) is 7.11 Å². The highest BCUT2D eigenvalue weighted by Gasteiger charge is 2.39. The fourth-order valence-electron chi connectivity index (χ4n) is 3.98. The Balaban J connectivity index is 1.56. The lowest BCUT2D eigenvalue weighted by atomic mass is 9.98. The molecule has 7 nitrogen and oxygen atoms in total. The SMILES string of the molecule is COc1ccc(N2CC(C(=O)N3CCC(=O)c4ccccc43)CC2=O)cc1OC. The zero-order valence-corrected chi connectivity index (χ0v) is 16.4. The molecule has 7 heteroatoms. The summed E-state index contributed by atoms with van der Waals surface area (Å²) >= 11 is 0. The number of nitrogens with zero attached hydrogens (tertiary/aromatic N) is 2. The van der Waals surface area contributed by atoms with E-state index in [0.717, 1.165) is 0 Å². The van der Waals surface area contributed by atoms with Crippen LogP contribution in [0.1, 0.15) is 23.2 Å². The Morgan fingerprint density at radius 3 is 2.55 bits per heavy atom. The van der Waals surface area contributed by atoms with Crippen molar-refractivity contribution >= 4 is 29.0 Å². The van der Waals surface area contributed by atoms with Crippen molar-refractivity contribution in [1.82, 2.24) is 0 Å². The second kappa shape index (κ2) is 7.58. The van der Waals surface area contributed by atoms with Crippen molar-refractivity contribution in [1.29, 1.82) is 0 Å². The molecule has 2 aromatic rings. The third kappa shape index (κ3) is 3.33. The van der Waals surface area contributed by atoms with E-state index in [9.17, 15) is 14.4 Å². The van der Waals surface area contributed by atoms with E-state index in [1.54, 1.807) is 53.3 Å². The van der Waals surface area contributed by atoms with Crippen LogP contribution in [-0.4, -0.2) is 44.9 Å². The first-order valence-electron chi connectivity index (χ1n) is 9.49. The van der Waals surface area contributed by atoms with Crippen LogP contribution in [0.5, 0.6) is 11.5 Å². The van der Waals surface area contributed by atoms with Gasteiger partial charge in [0.15, 0.2) is 17.3 Å². The van der Waals surface area contributed by atoms with Crippen molar-refractivity contribution in [2.24, 2.45) is 5.92 Å². The summed E-state index contributed by atoms with van der Waals surface area (Å²) in [4.78, 5) is 41.3. The van der Waals surface area contributed by atoms with Crippen molar-refractivity contribution in [3.63, 3.8) is 0 Å². The molecule has 0 bridgehead atoms. The van der Waals surface area contributed by atoms with Crippen molar-refractivity contribution in [3.8, 4) is 11.5 Å². The Hall–Kier alpha value is -3.35. The number of amides is 2. The predicted octanol–water partition coefficient (Wildman–Crippen LogP) is 2.68. The number of hydrogen-bond donors (Lipinski definition) is 0. The third-order valence-electron chi connectivity index (χ3n) is 5.48. The first-order chi connectivity index (χ1) is 14.0. The minimum absolute atomic E-state index is 0.0408. The molecule has 2 heterocycles. The Morgan fingerprint density at radius 2 is 1.79 bits per heavy atom. The van der Waals surface area contributed by atoms with Gasteiger partial charge in [-0.3, -0.25) is 14.4 Å². The zero-order chi connectivity index (χ0) is 20.5. The van der Waals surface area contributed by atoms with Crippen LogP contribution in [0.4, 0.5) is 11.4 Å². The molecular weight excluding hydrogens is 372 g/mol. The molecule has 1 atom stereocenters. The molecular formula is C22H22N2O5. The van der Waals surface area contributed by atoms with Gasteiger partial charge in [-0.25, -0.2) is 0 Å². The fourth-order valence-corrected chi connectivity index (χ4v) is 3.98. The van der Waals surface area contributed by atoms with Crippen molar-refractivity contribution < 1.29 is 23.9 Å². The summed E-state index contributed by atoms with van der Waals surface area (Å²) in [5.74, 6) is 0.440. The number of benzene rings is 2. The van der Waals surface area contributed by atoms with Gasteiger partial charge in [0.1, 0.15) is 0 Å². The molecule has 0 spiro atoms. The maximum atomic E-state index is 13.2. The molecule has 0 N–H and O–H groups in total. The minimum Gasteiger partial charge on any atom is -0.493 e. The number of ketones is 1. The summed E-state index contributed by atoms with van der Waals surface area (Å²) in [5, 5.41) is 0. The summed E-state index contributed by atoms with van der Waals surface area (Å²) in [5.41, 5.74) is 1.86. The van der Waals surface area contributed by atoms with Gasteiger partial charge >= 0.3 is 0 Å². The standard InChI is InChI=1S/C22H22N2O5/c1-28-19-8-7-15(12-20(19)29-2)24-13-14(11-21(24)26)22(27)23-10-9-18(25)16-5-3-4-6-17(16)23/h3-8,12,14H,9-11,13H2,1-2H3. The maximum absolute atomic E-state index is 13.2. The van der Waals surface area contributed by atoms with Crippen LogP contribution in [0.15, 0.2) is 42.5 Å². The molecule has 1 fully saturated rings. The van der Waals surface area contributed by atoms with Gasteiger partial charge in [0.2, 0.25) is 11.8 Å². The van der Waals surface area contributed by atoms with Gasteiger partial charge < -0.3 is 19.3 Å². The lowest BCUT2D eigenvalue weighted by Gasteiger charge is -2.30. The van der Waals surface area contributed by atoms with Gasteiger partial charge in [-0.15, -0.1) is 0 Å². The third-order valence-corrected chi connectivity index (χ3v) is 5.48. The van der Waals surface area contributed by atoms with Crippen LogP contribution in [0, 0.1) is 5.92 Å². The van der Waals surface area contributed by atoms with Crippen molar-refractivity contribution in [2.75, 3.05) is 37.1 Å². The van der Waals surface area contributed by atoms with Gasteiger partial charge in [-0.1, -0.05) is 12.1 Å². The molecule has 150 valence electrons. The smallest absolute Gasteiger partial charge is 0.232 e. The Kier molecular flexibility index (Phi) is 4.96. The molecule has 4 rings (SSSR count). The number of methoxy groups -OCH3 is 2. The van der Waals surface area contributed by atoms with E-state index in [2.05, 4.69) is 0 Å². The number of hydrogen-bond acceptors (Lipinski definition) is 5. The normalized spacial score (nSPS) is 18.6. The van der Waals surface area contributed by atoms with Crippen LogP contribution >= 0.6 is 0 Å². The van der Waals surface area contributed by atoms with Gasteiger partial charge in [0.05, 0.1) is 25.8 Å². The number of fused-ring (bicyclic) bond motifs is 1. The summed E-state index contributed by atoms with van der Waals surface area (Å²) in [6.45, 7) is 0.634. The molecule has 1 saturated heterocycles.